The number of hydrogen-bond acceptors (Lipinski definition) is 2. The molecule has 5 aromatic carbocycles. The number of para-hydroxylation sites is 4. The molecule has 2 N–H and O–H groups in total. The Kier molecular flexibility index (Phi) is 7.71. The molecule has 0 saturated heterocycles. The van der Waals surface area contributed by atoms with Crippen LogP contribution in [0.25, 0.3) is 0 Å². The Balaban J connectivity index is 1.73. The van der Waals surface area contributed by atoms with E-state index in [1.807, 2.05) is 121 Å². The Morgan fingerprint density at radius 2 is 0.737 bits per heavy atom. The molecule has 0 atom stereocenters. The van der Waals surface area contributed by atoms with Gasteiger partial charge in [0.2, 0.25) is 0 Å². The van der Waals surface area contributed by atoms with Gasteiger partial charge in [0.15, 0.2) is 0 Å². The molecule has 0 radical (unpaired) electrons. The lowest BCUT2D eigenvalue weighted by Gasteiger charge is -2.21. The fourth-order valence-corrected chi connectivity index (χ4v) is 4.29. The average molecular weight is 495 g/mol. The van der Waals surface area contributed by atoms with Crippen molar-refractivity contribution in [1.29, 1.82) is 0 Å². The summed E-state index contributed by atoms with van der Waals surface area (Å²) in [5, 5.41) is 7.20. The van der Waals surface area contributed by atoms with Gasteiger partial charge in [-0.25, -0.2) is 9.98 Å². The van der Waals surface area contributed by atoms with E-state index in [0.29, 0.717) is 0 Å². The first-order valence-electron chi connectivity index (χ1n) is 12.7. The number of hydrogen-bond donors (Lipinski definition) is 2. The maximum Gasteiger partial charge on any atom is 0.139 e. The second kappa shape index (κ2) is 11.8. The van der Waals surface area contributed by atoms with E-state index in [4.69, 9.17) is 9.98 Å². The van der Waals surface area contributed by atoms with Gasteiger partial charge in [0.05, 0.1) is 11.4 Å². The van der Waals surface area contributed by atoms with E-state index in [-0.39, 0.29) is 0 Å². The van der Waals surface area contributed by atoms with Crippen LogP contribution in [-0.4, -0.2) is 11.7 Å². The summed E-state index contributed by atoms with van der Waals surface area (Å²) in [5.74, 6) is 1.52. The van der Waals surface area contributed by atoms with Crippen LogP contribution in [0.1, 0.15) is 22.3 Å². The summed E-state index contributed by atoms with van der Waals surface area (Å²) in [6.45, 7) is 4.24. The number of nitrogens with zero attached hydrogens (tertiary/aromatic N) is 2. The third-order valence-corrected chi connectivity index (χ3v) is 6.16. The Bertz CT molecular complexity index is 1420. The minimum Gasteiger partial charge on any atom is -0.340 e. The molecule has 0 aliphatic carbocycles. The van der Waals surface area contributed by atoms with Crippen molar-refractivity contribution in [3.8, 4) is 0 Å². The van der Waals surface area contributed by atoms with Gasteiger partial charge in [-0.2, -0.15) is 0 Å². The minimum absolute atomic E-state index is 0.759. The van der Waals surface area contributed by atoms with Gasteiger partial charge in [0, 0.05) is 22.5 Å². The highest BCUT2D eigenvalue weighted by Crippen LogP contribution is 2.26. The fraction of sp³-hybridized carbons (Fsp3) is 0.0588. The molecule has 5 aromatic rings. The van der Waals surface area contributed by atoms with Gasteiger partial charge in [0.25, 0.3) is 0 Å². The zero-order valence-corrected chi connectivity index (χ0v) is 21.6. The van der Waals surface area contributed by atoms with E-state index in [1.165, 1.54) is 0 Å². The lowest BCUT2D eigenvalue weighted by Crippen LogP contribution is -2.24. The maximum absolute atomic E-state index is 5.11. The Morgan fingerprint density at radius 3 is 1.08 bits per heavy atom. The summed E-state index contributed by atoms with van der Waals surface area (Å²) in [6.07, 6.45) is 0. The van der Waals surface area contributed by atoms with E-state index >= 15 is 0 Å². The van der Waals surface area contributed by atoms with Crippen molar-refractivity contribution in [3.63, 3.8) is 0 Å². The van der Waals surface area contributed by atoms with Gasteiger partial charge in [-0.3, -0.25) is 0 Å². The number of aliphatic imine (C=N–C) groups is 2. The molecule has 38 heavy (non-hydrogen) atoms. The molecule has 0 amide bonds. The van der Waals surface area contributed by atoms with Crippen LogP contribution >= 0.6 is 0 Å². The van der Waals surface area contributed by atoms with Crippen LogP contribution in [-0.2, 0) is 0 Å². The van der Waals surface area contributed by atoms with Crippen LogP contribution in [0.3, 0.4) is 0 Å². The van der Waals surface area contributed by atoms with Crippen molar-refractivity contribution < 1.29 is 0 Å². The summed E-state index contributed by atoms with van der Waals surface area (Å²) < 4.78 is 0. The van der Waals surface area contributed by atoms with Crippen molar-refractivity contribution in [2.24, 2.45) is 9.98 Å². The Hall–Kier alpha value is -4.96. The van der Waals surface area contributed by atoms with Crippen LogP contribution in [0, 0.1) is 13.8 Å². The van der Waals surface area contributed by atoms with E-state index < -0.39 is 0 Å². The van der Waals surface area contributed by atoms with E-state index in [9.17, 15) is 0 Å². The van der Waals surface area contributed by atoms with Gasteiger partial charge in [-0.15, -0.1) is 0 Å². The molecule has 0 bridgehead atoms. The maximum atomic E-state index is 5.11. The van der Waals surface area contributed by atoms with Gasteiger partial charge in [-0.05, 0) is 73.5 Å². The summed E-state index contributed by atoms with van der Waals surface area (Å²) in [5.41, 5.74) is 7.86. The zero-order valence-electron chi connectivity index (χ0n) is 21.6. The molecule has 0 unspecified atom stereocenters. The lowest BCUT2D eigenvalue weighted by molar-refractivity contribution is 1.32. The largest absolute Gasteiger partial charge is 0.340 e. The second-order valence-electron chi connectivity index (χ2n) is 9.02. The molecule has 0 aromatic heterocycles. The van der Waals surface area contributed by atoms with E-state index in [0.717, 1.165) is 56.7 Å². The van der Waals surface area contributed by atoms with Crippen LogP contribution in [0.4, 0.5) is 22.7 Å². The van der Waals surface area contributed by atoms with Gasteiger partial charge in [-0.1, -0.05) is 84.9 Å². The first kappa shape index (κ1) is 24.7. The molecule has 5 rings (SSSR count). The van der Waals surface area contributed by atoms with Gasteiger partial charge < -0.3 is 10.6 Å². The van der Waals surface area contributed by atoms with E-state index in [1.54, 1.807) is 0 Å². The quantitative estimate of drug-likeness (QED) is 0.183. The molecular weight excluding hydrogens is 464 g/mol. The van der Waals surface area contributed by atoms with Crippen molar-refractivity contribution in [1.82, 2.24) is 0 Å². The summed E-state index contributed by atoms with van der Waals surface area (Å²) in [7, 11) is 0. The lowest BCUT2D eigenvalue weighted by atomic mass is 9.94. The zero-order chi connectivity index (χ0) is 26.2. The van der Waals surface area contributed by atoms with Crippen LogP contribution in [0.5, 0.6) is 0 Å². The third kappa shape index (κ3) is 6.05. The molecule has 0 aliphatic heterocycles. The third-order valence-electron chi connectivity index (χ3n) is 6.16. The fourth-order valence-electron chi connectivity index (χ4n) is 4.29. The predicted molar refractivity (Wildman–Crippen MR) is 161 cm³/mol. The first-order chi connectivity index (χ1) is 18.7. The Morgan fingerprint density at radius 1 is 0.421 bits per heavy atom. The van der Waals surface area contributed by atoms with Crippen LogP contribution in [0.2, 0.25) is 0 Å². The van der Waals surface area contributed by atoms with Gasteiger partial charge >= 0.3 is 0 Å². The van der Waals surface area contributed by atoms with E-state index in [2.05, 4.69) is 36.6 Å². The average Bonchev–Trinajstić information content (AvgIpc) is 2.96. The smallest absolute Gasteiger partial charge is 0.139 e. The van der Waals surface area contributed by atoms with Crippen molar-refractivity contribution in [2.45, 2.75) is 13.8 Å². The van der Waals surface area contributed by atoms with Crippen molar-refractivity contribution in [3.05, 3.63) is 156 Å². The number of benzene rings is 5. The molecule has 0 aliphatic rings. The highest BCUT2D eigenvalue weighted by atomic mass is 15.0. The summed E-state index contributed by atoms with van der Waals surface area (Å²) in [6, 6.07) is 44.6. The monoisotopic (exact) mass is 494 g/mol. The van der Waals surface area contributed by atoms with Crippen molar-refractivity contribution >= 4 is 34.4 Å². The number of aryl methyl sites for hydroxylation is 2. The van der Waals surface area contributed by atoms with Crippen LogP contribution in [0.15, 0.2) is 143 Å². The minimum atomic E-state index is 0.759. The molecule has 0 saturated carbocycles. The number of nitrogens with one attached hydrogen (secondary N) is 2. The molecule has 0 spiro atoms. The van der Waals surface area contributed by atoms with Gasteiger partial charge in [0.1, 0.15) is 11.7 Å². The highest BCUT2D eigenvalue weighted by Gasteiger charge is 2.20. The number of rotatable bonds is 6. The first-order valence-corrected chi connectivity index (χ1v) is 12.7. The number of amidine groups is 2. The summed E-state index contributed by atoms with van der Waals surface area (Å²) in [4.78, 5) is 10.2. The topological polar surface area (TPSA) is 48.8 Å². The molecule has 4 nitrogen and oxygen atoms in total. The molecule has 4 heteroatoms. The standard InChI is InChI=1S/C34H30N4/c1-25-23-24-26(2)32(34(37-29-19-11-5-12-20-29)38-30-21-13-6-14-22-30)31(25)33(35-27-15-7-3-8-16-27)36-28-17-9-4-10-18-28/h3-24H,1-2H3,(H,35,36)(H,37,38). The normalized spacial score (nSPS) is 11.7. The molecular formula is C34H30N4. The SMILES string of the molecule is Cc1ccc(C)c(C(=Nc2ccccc2)Nc2ccccc2)c1C(=Nc1ccccc1)Nc1ccccc1. The molecule has 0 fully saturated rings. The molecule has 186 valence electrons. The predicted octanol–water partition coefficient (Wildman–Crippen LogP) is 8.68. The van der Waals surface area contributed by atoms with Crippen molar-refractivity contribution in [2.75, 3.05) is 10.6 Å². The molecule has 0 heterocycles. The number of anilines is 2. The summed E-state index contributed by atoms with van der Waals surface area (Å²) >= 11 is 0. The highest BCUT2D eigenvalue weighted by molar-refractivity contribution is 6.21. The van der Waals surface area contributed by atoms with Crippen LogP contribution < -0.4 is 10.6 Å². The second-order valence-corrected chi connectivity index (χ2v) is 9.02. The Labute approximate surface area is 224 Å².